The average molecular weight is 209 g/mol. The molecule has 5 unspecified atom stereocenters. The molecule has 1 heteroatoms. The van der Waals surface area contributed by atoms with Gasteiger partial charge in [0.05, 0.1) is 0 Å². The number of rotatable bonds is 6. The summed E-state index contributed by atoms with van der Waals surface area (Å²) < 4.78 is 0. The van der Waals surface area contributed by atoms with Crippen molar-refractivity contribution in [2.45, 2.75) is 64.8 Å². The molecular formula is C14H27N. The average Bonchev–Trinajstić information content (AvgIpc) is 2.17. The maximum atomic E-state index is 5.86. The fourth-order valence-corrected chi connectivity index (χ4v) is 3.34. The lowest BCUT2D eigenvalue weighted by Gasteiger charge is -2.53. The fourth-order valence-electron chi connectivity index (χ4n) is 3.34. The van der Waals surface area contributed by atoms with Gasteiger partial charge in [0.15, 0.2) is 0 Å². The number of nitrogens with two attached hydrogens (primary N) is 1. The normalized spacial score (nSPS) is 37.4. The van der Waals surface area contributed by atoms with Crippen molar-refractivity contribution < 1.29 is 0 Å². The molecule has 2 aliphatic carbocycles. The Balaban J connectivity index is 1.48. The third-order valence-electron chi connectivity index (χ3n) is 5.07. The first-order chi connectivity index (χ1) is 7.18. The van der Waals surface area contributed by atoms with E-state index < -0.39 is 0 Å². The van der Waals surface area contributed by atoms with Gasteiger partial charge in [-0.1, -0.05) is 26.2 Å². The smallest absolute Gasteiger partial charge is 0.00361 e. The van der Waals surface area contributed by atoms with Crippen LogP contribution in [0, 0.1) is 23.7 Å². The number of fused-ring (bicyclic) bond motifs is 1. The van der Waals surface area contributed by atoms with E-state index >= 15 is 0 Å². The minimum Gasteiger partial charge on any atom is -0.328 e. The van der Waals surface area contributed by atoms with Gasteiger partial charge in [0.2, 0.25) is 0 Å². The van der Waals surface area contributed by atoms with E-state index in [4.69, 9.17) is 5.73 Å². The van der Waals surface area contributed by atoms with Gasteiger partial charge in [-0.3, -0.25) is 0 Å². The molecule has 88 valence electrons. The van der Waals surface area contributed by atoms with Gasteiger partial charge in [-0.25, -0.2) is 0 Å². The van der Waals surface area contributed by atoms with Crippen LogP contribution in [-0.2, 0) is 0 Å². The molecule has 0 saturated heterocycles. The van der Waals surface area contributed by atoms with Crippen molar-refractivity contribution in [2.75, 3.05) is 0 Å². The second-order valence-electron chi connectivity index (χ2n) is 6.12. The molecule has 0 aromatic heterocycles. The van der Waals surface area contributed by atoms with E-state index in [1.165, 1.54) is 25.7 Å². The van der Waals surface area contributed by atoms with Crippen LogP contribution in [0.2, 0.25) is 0 Å². The van der Waals surface area contributed by atoms with E-state index in [0.717, 1.165) is 17.8 Å². The predicted molar refractivity (Wildman–Crippen MR) is 65.6 cm³/mol. The Bertz CT molecular complexity index is 200. The molecule has 2 N–H and O–H groups in total. The van der Waals surface area contributed by atoms with Crippen molar-refractivity contribution in [3.63, 3.8) is 0 Å². The Morgan fingerprint density at radius 1 is 1.20 bits per heavy atom. The zero-order valence-electron chi connectivity index (χ0n) is 10.4. The molecule has 0 radical (unpaired) electrons. The maximum Gasteiger partial charge on any atom is 0.00361 e. The molecule has 1 nitrogen and oxygen atoms in total. The van der Waals surface area contributed by atoms with Crippen molar-refractivity contribution in [2.24, 2.45) is 29.4 Å². The summed E-state index contributed by atoms with van der Waals surface area (Å²) in [6.45, 7) is 4.42. The highest BCUT2D eigenvalue weighted by Crippen LogP contribution is 2.55. The number of unbranched alkanes of at least 4 members (excludes halogenated alkanes) is 1. The Labute approximate surface area is 94.8 Å². The molecule has 2 saturated carbocycles. The van der Waals surface area contributed by atoms with Crippen LogP contribution in [0.15, 0.2) is 0 Å². The summed E-state index contributed by atoms with van der Waals surface area (Å²) in [5.41, 5.74) is 5.86. The first-order valence-electron chi connectivity index (χ1n) is 6.94. The topological polar surface area (TPSA) is 26.0 Å². The summed E-state index contributed by atoms with van der Waals surface area (Å²) in [6, 6.07) is 0.379. The van der Waals surface area contributed by atoms with E-state index in [1.807, 2.05) is 0 Å². The molecule has 0 aromatic rings. The Morgan fingerprint density at radius 3 is 2.47 bits per heavy atom. The molecule has 2 aliphatic rings. The summed E-state index contributed by atoms with van der Waals surface area (Å²) in [4.78, 5) is 0. The number of hydrogen-bond acceptors (Lipinski definition) is 1. The zero-order chi connectivity index (χ0) is 10.8. The quantitative estimate of drug-likeness (QED) is 0.665. The van der Waals surface area contributed by atoms with Crippen LogP contribution in [0.5, 0.6) is 0 Å². The minimum absolute atomic E-state index is 0.379. The van der Waals surface area contributed by atoms with Gasteiger partial charge in [-0.05, 0) is 56.3 Å². The molecule has 0 spiro atoms. The molecule has 0 aliphatic heterocycles. The summed E-state index contributed by atoms with van der Waals surface area (Å²) in [6.07, 6.45) is 10.3. The van der Waals surface area contributed by atoms with Crippen molar-refractivity contribution in [1.29, 1.82) is 0 Å². The third kappa shape index (κ3) is 2.55. The highest BCUT2D eigenvalue weighted by atomic mass is 14.6. The maximum absolute atomic E-state index is 5.86. The fraction of sp³-hybridized carbons (Fsp3) is 1.00. The molecule has 5 atom stereocenters. The predicted octanol–water partition coefficient (Wildman–Crippen LogP) is 3.58. The van der Waals surface area contributed by atoms with Crippen LogP contribution in [0.1, 0.15) is 58.8 Å². The monoisotopic (exact) mass is 209 g/mol. The van der Waals surface area contributed by atoms with E-state index in [9.17, 15) is 0 Å². The van der Waals surface area contributed by atoms with Gasteiger partial charge in [-0.2, -0.15) is 0 Å². The SMILES string of the molecule is CC(N)C(C)CCCCC1CC2CCC12. The van der Waals surface area contributed by atoms with Crippen molar-refractivity contribution in [3.8, 4) is 0 Å². The van der Waals surface area contributed by atoms with Gasteiger partial charge in [-0.15, -0.1) is 0 Å². The highest BCUT2D eigenvalue weighted by molar-refractivity contribution is 4.96. The van der Waals surface area contributed by atoms with Gasteiger partial charge in [0.1, 0.15) is 0 Å². The summed E-state index contributed by atoms with van der Waals surface area (Å²) in [7, 11) is 0. The van der Waals surface area contributed by atoms with E-state index in [-0.39, 0.29) is 0 Å². The first kappa shape index (κ1) is 11.4. The Hall–Kier alpha value is -0.0400. The largest absolute Gasteiger partial charge is 0.328 e. The molecule has 0 heterocycles. The Kier molecular flexibility index (Phi) is 3.71. The van der Waals surface area contributed by atoms with E-state index in [1.54, 1.807) is 19.3 Å². The van der Waals surface area contributed by atoms with Crippen LogP contribution < -0.4 is 5.73 Å². The lowest BCUT2D eigenvalue weighted by atomic mass is 9.52. The molecule has 0 amide bonds. The summed E-state index contributed by atoms with van der Waals surface area (Å²) in [5.74, 6) is 4.16. The molecule has 15 heavy (non-hydrogen) atoms. The first-order valence-corrected chi connectivity index (χ1v) is 6.94. The molecule has 2 fully saturated rings. The molecule has 0 aromatic carbocycles. The van der Waals surface area contributed by atoms with Gasteiger partial charge in [0.25, 0.3) is 0 Å². The van der Waals surface area contributed by atoms with E-state index in [0.29, 0.717) is 12.0 Å². The molecule has 2 rings (SSSR count). The van der Waals surface area contributed by atoms with Crippen LogP contribution in [-0.4, -0.2) is 6.04 Å². The van der Waals surface area contributed by atoms with Gasteiger partial charge < -0.3 is 5.73 Å². The molecule has 0 bridgehead atoms. The standard InChI is InChI=1S/C14H27N/c1-10(11(2)15)5-3-4-6-12-9-13-7-8-14(12)13/h10-14H,3-9,15H2,1-2H3. The van der Waals surface area contributed by atoms with Crippen molar-refractivity contribution >= 4 is 0 Å². The minimum atomic E-state index is 0.379. The van der Waals surface area contributed by atoms with Crippen molar-refractivity contribution in [3.05, 3.63) is 0 Å². The highest BCUT2D eigenvalue weighted by Gasteiger charge is 2.45. The van der Waals surface area contributed by atoms with Crippen LogP contribution in [0.3, 0.4) is 0 Å². The Morgan fingerprint density at radius 2 is 2.00 bits per heavy atom. The second-order valence-corrected chi connectivity index (χ2v) is 6.12. The third-order valence-corrected chi connectivity index (χ3v) is 5.07. The van der Waals surface area contributed by atoms with Crippen LogP contribution in [0.25, 0.3) is 0 Å². The molecular weight excluding hydrogens is 182 g/mol. The lowest BCUT2D eigenvalue weighted by molar-refractivity contribution is -0.0306. The van der Waals surface area contributed by atoms with Crippen molar-refractivity contribution in [1.82, 2.24) is 0 Å². The number of hydrogen-bond donors (Lipinski definition) is 1. The van der Waals surface area contributed by atoms with Gasteiger partial charge >= 0.3 is 0 Å². The zero-order valence-corrected chi connectivity index (χ0v) is 10.4. The second kappa shape index (κ2) is 4.86. The van der Waals surface area contributed by atoms with Gasteiger partial charge in [0, 0.05) is 6.04 Å². The van der Waals surface area contributed by atoms with E-state index in [2.05, 4.69) is 13.8 Å². The summed E-state index contributed by atoms with van der Waals surface area (Å²) >= 11 is 0. The van der Waals surface area contributed by atoms with Crippen LogP contribution >= 0.6 is 0 Å². The summed E-state index contributed by atoms with van der Waals surface area (Å²) in [5, 5.41) is 0. The van der Waals surface area contributed by atoms with Crippen LogP contribution in [0.4, 0.5) is 0 Å². The lowest BCUT2D eigenvalue weighted by Crippen LogP contribution is -2.44.